The van der Waals surface area contributed by atoms with Crippen LogP contribution in [0, 0.1) is 12.8 Å². The Morgan fingerprint density at radius 3 is 2.73 bits per heavy atom. The highest BCUT2D eigenvalue weighted by atomic mass is 16.3. The third-order valence-corrected chi connectivity index (χ3v) is 3.35. The standard InChI is InChI=1S/C13H19NO/c1-10-2-4-11(5-3-10)13-6-7-14-8-12(13)9-15/h2-5,12-15H,6-9H2,1H3/t12-,13-/m1/s1. The molecule has 2 atom stereocenters. The Kier molecular flexibility index (Phi) is 3.39. The van der Waals surface area contributed by atoms with Gasteiger partial charge in [-0.1, -0.05) is 29.8 Å². The van der Waals surface area contributed by atoms with Crippen molar-refractivity contribution in [2.24, 2.45) is 5.92 Å². The van der Waals surface area contributed by atoms with Gasteiger partial charge < -0.3 is 10.4 Å². The van der Waals surface area contributed by atoms with Gasteiger partial charge in [-0.25, -0.2) is 0 Å². The Balaban J connectivity index is 2.16. The van der Waals surface area contributed by atoms with E-state index in [0.717, 1.165) is 19.5 Å². The smallest absolute Gasteiger partial charge is 0.0477 e. The number of aliphatic hydroxyl groups is 1. The maximum Gasteiger partial charge on any atom is 0.0477 e. The van der Waals surface area contributed by atoms with E-state index in [9.17, 15) is 5.11 Å². The third kappa shape index (κ3) is 2.39. The number of hydrogen-bond donors (Lipinski definition) is 2. The molecule has 1 heterocycles. The van der Waals surface area contributed by atoms with Gasteiger partial charge in [0.2, 0.25) is 0 Å². The Morgan fingerprint density at radius 1 is 1.33 bits per heavy atom. The van der Waals surface area contributed by atoms with Crippen molar-refractivity contribution in [3.63, 3.8) is 0 Å². The average molecular weight is 205 g/mol. The first-order valence-corrected chi connectivity index (χ1v) is 5.69. The van der Waals surface area contributed by atoms with Crippen molar-refractivity contribution in [1.29, 1.82) is 0 Å². The van der Waals surface area contributed by atoms with Crippen LogP contribution in [0.1, 0.15) is 23.5 Å². The average Bonchev–Trinajstić information content (AvgIpc) is 2.30. The number of nitrogens with one attached hydrogen (secondary N) is 1. The van der Waals surface area contributed by atoms with E-state index >= 15 is 0 Å². The third-order valence-electron chi connectivity index (χ3n) is 3.35. The molecule has 1 fully saturated rings. The van der Waals surface area contributed by atoms with Crippen LogP contribution in [0.15, 0.2) is 24.3 Å². The summed E-state index contributed by atoms with van der Waals surface area (Å²) in [4.78, 5) is 0. The fourth-order valence-electron chi connectivity index (χ4n) is 2.37. The first-order chi connectivity index (χ1) is 7.31. The molecule has 82 valence electrons. The van der Waals surface area contributed by atoms with Gasteiger partial charge in [0.25, 0.3) is 0 Å². The lowest BCUT2D eigenvalue weighted by Gasteiger charge is -2.31. The Hall–Kier alpha value is -0.860. The highest BCUT2D eigenvalue weighted by molar-refractivity contribution is 5.25. The van der Waals surface area contributed by atoms with Crippen molar-refractivity contribution in [3.05, 3.63) is 35.4 Å². The first kappa shape index (κ1) is 10.7. The van der Waals surface area contributed by atoms with Crippen LogP contribution in [0.3, 0.4) is 0 Å². The lowest BCUT2D eigenvalue weighted by molar-refractivity contribution is 0.179. The molecule has 0 bridgehead atoms. The van der Waals surface area contributed by atoms with E-state index in [1.807, 2.05) is 0 Å². The number of benzene rings is 1. The van der Waals surface area contributed by atoms with Crippen LogP contribution in [0.4, 0.5) is 0 Å². The second kappa shape index (κ2) is 4.77. The second-order valence-electron chi connectivity index (χ2n) is 4.45. The normalized spacial score (nSPS) is 26.5. The summed E-state index contributed by atoms with van der Waals surface area (Å²) in [6, 6.07) is 8.72. The van der Waals surface area contributed by atoms with Gasteiger partial charge in [0, 0.05) is 19.1 Å². The van der Waals surface area contributed by atoms with Crippen LogP contribution in [0.5, 0.6) is 0 Å². The van der Waals surface area contributed by atoms with Crippen LogP contribution in [0.25, 0.3) is 0 Å². The quantitative estimate of drug-likeness (QED) is 0.770. The molecule has 1 aromatic rings. The molecule has 0 aliphatic carbocycles. The van der Waals surface area contributed by atoms with Crippen molar-refractivity contribution in [2.45, 2.75) is 19.3 Å². The van der Waals surface area contributed by atoms with E-state index in [-0.39, 0.29) is 6.61 Å². The van der Waals surface area contributed by atoms with E-state index in [0.29, 0.717) is 11.8 Å². The van der Waals surface area contributed by atoms with Crippen molar-refractivity contribution in [2.75, 3.05) is 19.7 Å². The molecule has 2 rings (SSSR count). The van der Waals surface area contributed by atoms with Gasteiger partial charge in [0.05, 0.1) is 0 Å². The molecule has 1 saturated heterocycles. The topological polar surface area (TPSA) is 32.3 Å². The number of aryl methyl sites for hydroxylation is 1. The maximum atomic E-state index is 9.34. The van der Waals surface area contributed by atoms with E-state index in [1.54, 1.807) is 0 Å². The lowest BCUT2D eigenvalue weighted by Crippen LogP contribution is -2.37. The molecule has 0 radical (unpaired) electrons. The number of piperidine rings is 1. The summed E-state index contributed by atoms with van der Waals surface area (Å²) in [5.41, 5.74) is 2.68. The van der Waals surface area contributed by atoms with Crippen LogP contribution in [-0.4, -0.2) is 24.8 Å². The van der Waals surface area contributed by atoms with Crippen molar-refractivity contribution < 1.29 is 5.11 Å². The van der Waals surface area contributed by atoms with E-state index in [4.69, 9.17) is 0 Å². The van der Waals surface area contributed by atoms with Gasteiger partial charge in [0.1, 0.15) is 0 Å². The minimum absolute atomic E-state index is 0.283. The Labute approximate surface area is 91.3 Å². The fourth-order valence-corrected chi connectivity index (χ4v) is 2.37. The van der Waals surface area contributed by atoms with Crippen LogP contribution >= 0.6 is 0 Å². The summed E-state index contributed by atoms with van der Waals surface area (Å²) >= 11 is 0. The molecule has 0 aromatic heterocycles. The van der Waals surface area contributed by atoms with Crippen molar-refractivity contribution in [1.82, 2.24) is 5.32 Å². The number of rotatable bonds is 2. The summed E-state index contributed by atoms with van der Waals surface area (Å²) in [5.74, 6) is 0.901. The molecule has 2 N–H and O–H groups in total. The summed E-state index contributed by atoms with van der Waals surface area (Å²) in [6.45, 7) is 4.39. The zero-order valence-corrected chi connectivity index (χ0v) is 9.24. The van der Waals surface area contributed by atoms with Gasteiger partial charge >= 0.3 is 0 Å². The van der Waals surface area contributed by atoms with E-state index < -0.39 is 0 Å². The minimum Gasteiger partial charge on any atom is -0.396 e. The molecular weight excluding hydrogens is 186 g/mol. The fraction of sp³-hybridized carbons (Fsp3) is 0.538. The molecule has 1 aliphatic rings. The molecule has 15 heavy (non-hydrogen) atoms. The lowest BCUT2D eigenvalue weighted by atomic mass is 9.81. The summed E-state index contributed by atoms with van der Waals surface area (Å²) in [7, 11) is 0. The van der Waals surface area contributed by atoms with Crippen molar-refractivity contribution in [3.8, 4) is 0 Å². The number of hydrogen-bond acceptors (Lipinski definition) is 2. The summed E-state index contributed by atoms with van der Waals surface area (Å²) in [6.07, 6.45) is 1.13. The molecule has 0 unspecified atom stereocenters. The molecule has 1 aromatic carbocycles. The maximum absolute atomic E-state index is 9.34. The van der Waals surface area contributed by atoms with Crippen LogP contribution in [0.2, 0.25) is 0 Å². The summed E-state index contributed by atoms with van der Waals surface area (Å²) < 4.78 is 0. The van der Waals surface area contributed by atoms with Gasteiger partial charge in [-0.2, -0.15) is 0 Å². The molecule has 2 heteroatoms. The Bertz CT molecular complexity index is 307. The highest BCUT2D eigenvalue weighted by Crippen LogP contribution is 2.29. The molecule has 2 nitrogen and oxygen atoms in total. The molecule has 0 saturated carbocycles. The SMILES string of the molecule is Cc1ccc([C@H]2CCNC[C@@H]2CO)cc1. The molecule has 1 aliphatic heterocycles. The van der Waals surface area contributed by atoms with Gasteiger partial charge in [-0.3, -0.25) is 0 Å². The molecule has 0 amide bonds. The van der Waals surface area contributed by atoms with Crippen LogP contribution in [-0.2, 0) is 0 Å². The van der Waals surface area contributed by atoms with Gasteiger partial charge in [-0.05, 0) is 31.4 Å². The van der Waals surface area contributed by atoms with Gasteiger partial charge in [0.15, 0.2) is 0 Å². The van der Waals surface area contributed by atoms with Crippen LogP contribution < -0.4 is 5.32 Å². The Morgan fingerprint density at radius 2 is 2.07 bits per heavy atom. The second-order valence-corrected chi connectivity index (χ2v) is 4.45. The van der Waals surface area contributed by atoms with Gasteiger partial charge in [-0.15, -0.1) is 0 Å². The number of aliphatic hydroxyl groups excluding tert-OH is 1. The zero-order valence-electron chi connectivity index (χ0n) is 9.24. The first-order valence-electron chi connectivity index (χ1n) is 5.69. The predicted molar refractivity (Wildman–Crippen MR) is 62.0 cm³/mol. The zero-order chi connectivity index (χ0) is 10.7. The monoisotopic (exact) mass is 205 g/mol. The molecule has 0 spiro atoms. The minimum atomic E-state index is 0.283. The molecular formula is C13H19NO. The largest absolute Gasteiger partial charge is 0.396 e. The van der Waals surface area contributed by atoms with E-state index in [2.05, 4.69) is 36.5 Å². The summed E-state index contributed by atoms with van der Waals surface area (Å²) in [5, 5.41) is 12.7. The highest BCUT2D eigenvalue weighted by Gasteiger charge is 2.25. The van der Waals surface area contributed by atoms with E-state index in [1.165, 1.54) is 11.1 Å². The van der Waals surface area contributed by atoms with Crippen molar-refractivity contribution >= 4 is 0 Å². The predicted octanol–water partition coefficient (Wildman–Crippen LogP) is 1.68.